The molecule has 0 bridgehead atoms. The maximum Gasteiger partial charge on any atom is 0.266 e. The Kier molecular flexibility index (Phi) is 4.37. The van der Waals surface area contributed by atoms with Crippen molar-refractivity contribution in [1.29, 1.82) is 0 Å². The summed E-state index contributed by atoms with van der Waals surface area (Å²) >= 11 is 6.43. The smallest absolute Gasteiger partial charge is 0.266 e. The molecule has 2 nitrogen and oxygen atoms in total. The number of halogens is 1. The van der Waals surface area contributed by atoms with Crippen LogP contribution in [-0.4, -0.2) is 21.7 Å². The Hall–Kier alpha value is -1.20. The van der Waals surface area contributed by atoms with Crippen LogP contribution < -0.4 is 0 Å². The molecule has 0 spiro atoms. The highest BCUT2D eigenvalue weighted by molar-refractivity contribution is 8.26. The van der Waals surface area contributed by atoms with Crippen molar-refractivity contribution in [2.75, 3.05) is 6.54 Å². The minimum atomic E-state index is -0.336. The average molecular weight is 295 g/mol. The van der Waals surface area contributed by atoms with Crippen molar-refractivity contribution in [3.05, 3.63) is 40.6 Å². The van der Waals surface area contributed by atoms with Gasteiger partial charge in [-0.05, 0) is 18.1 Å². The van der Waals surface area contributed by atoms with Gasteiger partial charge in [0, 0.05) is 12.1 Å². The predicted octanol–water partition coefficient (Wildman–Crippen LogP) is 3.68. The van der Waals surface area contributed by atoms with Crippen molar-refractivity contribution in [2.45, 2.75) is 13.8 Å². The van der Waals surface area contributed by atoms with E-state index in [1.807, 2.05) is 13.8 Å². The van der Waals surface area contributed by atoms with Crippen molar-refractivity contribution >= 4 is 40.3 Å². The van der Waals surface area contributed by atoms with Crippen molar-refractivity contribution in [3.63, 3.8) is 0 Å². The summed E-state index contributed by atoms with van der Waals surface area (Å²) in [5.41, 5.74) is 0.410. The molecule has 1 aliphatic heterocycles. The van der Waals surface area contributed by atoms with E-state index in [0.717, 1.165) is 0 Å². The Bertz CT molecular complexity index is 554. The van der Waals surface area contributed by atoms with Crippen LogP contribution in [0.25, 0.3) is 6.08 Å². The van der Waals surface area contributed by atoms with Crippen LogP contribution in [0, 0.1) is 11.7 Å². The zero-order chi connectivity index (χ0) is 14.0. The number of carbonyl (C=O) groups is 1. The highest BCUT2D eigenvalue weighted by atomic mass is 32.2. The Morgan fingerprint density at radius 2 is 2.11 bits per heavy atom. The fourth-order valence-electron chi connectivity index (χ4n) is 1.76. The van der Waals surface area contributed by atoms with E-state index in [2.05, 4.69) is 0 Å². The third kappa shape index (κ3) is 3.22. The first-order chi connectivity index (χ1) is 8.99. The molecule has 0 saturated carbocycles. The second kappa shape index (κ2) is 5.84. The van der Waals surface area contributed by atoms with Gasteiger partial charge in [-0.2, -0.15) is 0 Å². The quantitative estimate of drug-likeness (QED) is 0.626. The molecule has 0 radical (unpaired) electrons. The molecule has 1 fully saturated rings. The number of thioether (sulfide) groups is 1. The van der Waals surface area contributed by atoms with Gasteiger partial charge in [-0.1, -0.05) is 56.0 Å². The molecule has 0 aliphatic carbocycles. The molecular formula is C14H14FNOS2. The Balaban J connectivity index is 2.26. The summed E-state index contributed by atoms with van der Waals surface area (Å²) in [4.78, 5) is 14.3. The van der Waals surface area contributed by atoms with E-state index in [1.54, 1.807) is 29.2 Å². The van der Waals surface area contributed by atoms with Crippen LogP contribution in [-0.2, 0) is 4.79 Å². The van der Waals surface area contributed by atoms with E-state index in [4.69, 9.17) is 12.2 Å². The van der Waals surface area contributed by atoms with E-state index >= 15 is 0 Å². The summed E-state index contributed by atoms with van der Waals surface area (Å²) < 4.78 is 14.1. The lowest BCUT2D eigenvalue weighted by Gasteiger charge is -2.16. The zero-order valence-electron chi connectivity index (χ0n) is 10.7. The Morgan fingerprint density at radius 1 is 1.42 bits per heavy atom. The summed E-state index contributed by atoms with van der Waals surface area (Å²) in [5, 5.41) is 0. The molecule has 1 aromatic rings. The molecule has 1 aromatic carbocycles. The van der Waals surface area contributed by atoms with Gasteiger partial charge in [0.1, 0.15) is 10.1 Å². The third-order valence-corrected chi connectivity index (χ3v) is 3.99. The van der Waals surface area contributed by atoms with E-state index in [-0.39, 0.29) is 11.7 Å². The molecule has 1 aliphatic rings. The van der Waals surface area contributed by atoms with Gasteiger partial charge in [0.15, 0.2) is 0 Å². The molecule has 1 amide bonds. The van der Waals surface area contributed by atoms with Crippen LogP contribution in [0.15, 0.2) is 29.2 Å². The Morgan fingerprint density at radius 3 is 2.74 bits per heavy atom. The van der Waals surface area contributed by atoms with Crippen LogP contribution in [0.2, 0.25) is 0 Å². The third-order valence-electron chi connectivity index (χ3n) is 2.61. The number of benzene rings is 1. The van der Waals surface area contributed by atoms with Gasteiger partial charge < -0.3 is 0 Å². The van der Waals surface area contributed by atoms with Crippen LogP contribution in [0.3, 0.4) is 0 Å². The van der Waals surface area contributed by atoms with Crippen molar-refractivity contribution in [3.8, 4) is 0 Å². The Labute approximate surface area is 121 Å². The normalized spacial score (nSPS) is 17.9. The van der Waals surface area contributed by atoms with E-state index in [1.165, 1.54) is 17.8 Å². The monoisotopic (exact) mass is 295 g/mol. The number of thiocarbonyl (C=S) groups is 1. The number of amides is 1. The number of rotatable bonds is 3. The van der Waals surface area contributed by atoms with E-state index in [9.17, 15) is 9.18 Å². The maximum absolute atomic E-state index is 13.6. The first-order valence-electron chi connectivity index (χ1n) is 5.99. The summed E-state index contributed by atoms with van der Waals surface area (Å²) in [6.45, 7) is 4.65. The first kappa shape index (κ1) is 14.2. The molecule has 1 heterocycles. The van der Waals surface area contributed by atoms with Crippen molar-refractivity contribution in [2.24, 2.45) is 5.92 Å². The van der Waals surface area contributed by atoms with Gasteiger partial charge >= 0.3 is 0 Å². The standard InChI is InChI=1S/C14H14FNOS2/c1-9(2)8-16-13(17)12(19-14(16)18)7-10-5-3-4-6-11(10)15/h3-7,9H,8H2,1-2H3. The maximum atomic E-state index is 13.6. The fraction of sp³-hybridized carbons (Fsp3) is 0.286. The molecular weight excluding hydrogens is 281 g/mol. The van der Waals surface area contributed by atoms with E-state index < -0.39 is 0 Å². The minimum absolute atomic E-state index is 0.132. The summed E-state index contributed by atoms with van der Waals surface area (Å²) in [6, 6.07) is 6.38. The second-order valence-electron chi connectivity index (χ2n) is 4.71. The summed E-state index contributed by atoms with van der Waals surface area (Å²) in [5.74, 6) is -0.126. The molecule has 0 unspecified atom stereocenters. The minimum Gasteiger partial charge on any atom is -0.293 e. The summed E-state index contributed by atoms with van der Waals surface area (Å²) in [6.07, 6.45) is 1.56. The number of hydrogen-bond donors (Lipinski definition) is 0. The average Bonchev–Trinajstić information content (AvgIpc) is 2.60. The van der Waals surface area contributed by atoms with Gasteiger partial charge in [0.05, 0.1) is 4.91 Å². The number of carbonyl (C=O) groups excluding carboxylic acids is 1. The van der Waals surface area contributed by atoms with E-state index in [0.29, 0.717) is 27.3 Å². The van der Waals surface area contributed by atoms with Crippen LogP contribution >= 0.6 is 24.0 Å². The zero-order valence-corrected chi connectivity index (χ0v) is 12.4. The van der Waals surface area contributed by atoms with Crippen LogP contribution in [0.4, 0.5) is 4.39 Å². The van der Waals surface area contributed by atoms with Gasteiger partial charge in [-0.3, -0.25) is 9.69 Å². The van der Waals surface area contributed by atoms with Crippen LogP contribution in [0.1, 0.15) is 19.4 Å². The lowest BCUT2D eigenvalue weighted by atomic mass is 10.2. The summed E-state index contributed by atoms with van der Waals surface area (Å²) in [7, 11) is 0. The molecule has 1 saturated heterocycles. The molecule has 0 atom stereocenters. The van der Waals surface area contributed by atoms with Crippen molar-refractivity contribution in [1.82, 2.24) is 4.90 Å². The van der Waals surface area contributed by atoms with Gasteiger partial charge in [-0.15, -0.1) is 0 Å². The molecule has 0 aromatic heterocycles. The SMILES string of the molecule is CC(C)CN1C(=O)C(=Cc2ccccc2F)SC1=S. The largest absolute Gasteiger partial charge is 0.293 e. The van der Waals surface area contributed by atoms with Gasteiger partial charge in [0.2, 0.25) is 0 Å². The lowest BCUT2D eigenvalue weighted by molar-refractivity contribution is -0.122. The number of nitrogens with zero attached hydrogens (tertiary/aromatic N) is 1. The lowest BCUT2D eigenvalue weighted by Crippen LogP contribution is -2.31. The molecule has 5 heteroatoms. The second-order valence-corrected chi connectivity index (χ2v) is 6.38. The molecule has 100 valence electrons. The fourth-order valence-corrected chi connectivity index (χ4v) is 3.02. The number of hydrogen-bond acceptors (Lipinski definition) is 3. The van der Waals surface area contributed by atoms with Crippen molar-refractivity contribution < 1.29 is 9.18 Å². The topological polar surface area (TPSA) is 20.3 Å². The van der Waals surface area contributed by atoms with Gasteiger partial charge in [-0.25, -0.2) is 4.39 Å². The molecule has 19 heavy (non-hydrogen) atoms. The highest BCUT2D eigenvalue weighted by Gasteiger charge is 2.32. The predicted molar refractivity (Wildman–Crippen MR) is 81.1 cm³/mol. The highest BCUT2D eigenvalue weighted by Crippen LogP contribution is 2.33. The molecule has 0 N–H and O–H groups in total. The van der Waals surface area contributed by atoms with Gasteiger partial charge in [0.25, 0.3) is 5.91 Å². The van der Waals surface area contributed by atoms with Crippen LogP contribution in [0.5, 0.6) is 0 Å². The first-order valence-corrected chi connectivity index (χ1v) is 7.21. The molecule has 2 rings (SSSR count).